The van der Waals surface area contributed by atoms with E-state index in [1.54, 1.807) is 12.1 Å². The number of nitrogens with zero attached hydrogens (tertiary/aromatic N) is 1. The lowest BCUT2D eigenvalue weighted by Gasteiger charge is -2.07. The topological polar surface area (TPSA) is 77.5 Å². The van der Waals surface area contributed by atoms with Gasteiger partial charge in [-0.05, 0) is 12.1 Å². The minimum atomic E-state index is -0.514. The van der Waals surface area contributed by atoms with Crippen molar-refractivity contribution in [1.82, 2.24) is 4.98 Å². The van der Waals surface area contributed by atoms with Crippen LogP contribution in [0.15, 0.2) is 24.4 Å². The normalized spacial score (nSPS) is 10.1. The number of amides is 1. The van der Waals surface area contributed by atoms with Crippen LogP contribution in [-0.2, 0) is 9.53 Å². The summed E-state index contributed by atoms with van der Waals surface area (Å²) in [6.07, 6.45) is 1.32. The third kappa shape index (κ3) is 4.33. The fraction of sp³-hybridized carbons (Fsp3) is 0.154. The van der Waals surface area contributed by atoms with Crippen LogP contribution in [0.2, 0.25) is 10.0 Å². The molecular weight excluding hydrogens is 351 g/mol. The van der Waals surface area contributed by atoms with E-state index < -0.39 is 11.9 Å². The quantitative estimate of drug-likeness (QED) is 0.828. The molecule has 0 aliphatic carbocycles. The maximum atomic E-state index is 11.8. The molecule has 0 aliphatic rings. The summed E-state index contributed by atoms with van der Waals surface area (Å²) in [6, 6.07) is 4.69. The van der Waals surface area contributed by atoms with Gasteiger partial charge in [-0.15, -0.1) is 0 Å². The van der Waals surface area contributed by atoms with Crippen LogP contribution in [0.1, 0.15) is 9.67 Å². The Morgan fingerprint density at radius 1 is 1.36 bits per heavy atom. The van der Waals surface area contributed by atoms with Gasteiger partial charge in [-0.1, -0.05) is 34.5 Å². The van der Waals surface area contributed by atoms with E-state index in [1.165, 1.54) is 19.4 Å². The molecule has 1 N–H and O–H groups in total. The van der Waals surface area contributed by atoms with Crippen molar-refractivity contribution in [2.45, 2.75) is 0 Å². The highest BCUT2D eigenvalue weighted by atomic mass is 35.5. The Labute approximate surface area is 140 Å². The monoisotopic (exact) mass is 360 g/mol. The molecule has 2 rings (SSSR count). The zero-order valence-corrected chi connectivity index (χ0v) is 13.6. The Balaban J connectivity index is 1.91. The summed E-state index contributed by atoms with van der Waals surface area (Å²) < 4.78 is 9.84. The largest absolute Gasteiger partial charge is 0.482 e. The SMILES string of the molecule is COC(=O)c1cnc(NC(=O)COc2cc(Cl)ccc2Cl)s1. The maximum absolute atomic E-state index is 11.8. The van der Waals surface area contributed by atoms with E-state index in [0.29, 0.717) is 15.8 Å². The van der Waals surface area contributed by atoms with Gasteiger partial charge in [-0.2, -0.15) is 0 Å². The molecular formula is C13H10Cl2N2O4S. The molecule has 0 spiro atoms. The van der Waals surface area contributed by atoms with E-state index in [2.05, 4.69) is 15.0 Å². The first-order valence-electron chi connectivity index (χ1n) is 5.91. The molecule has 0 aliphatic heterocycles. The standard InChI is InChI=1S/C13H10Cl2N2O4S/c1-20-12(19)10-5-16-13(22-10)17-11(18)6-21-9-4-7(14)2-3-8(9)15/h2-5H,6H2,1H3,(H,16,17,18). The van der Waals surface area contributed by atoms with Crippen LogP contribution >= 0.6 is 34.5 Å². The van der Waals surface area contributed by atoms with Crippen LogP contribution < -0.4 is 10.1 Å². The third-order valence-corrected chi connectivity index (χ3v) is 3.83. The molecule has 22 heavy (non-hydrogen) atoms. The van der Waals surface area contributed by atoms with Gasteiger partial charge in [0.15, 0.2) is 11.7 Å². The Hall–Kier alpha value is -1.83. The van der Waals surface area contributed by atoms with Gasteiger partial charge in [0.1, 0.15) is 10.6 Å². The molecule has 0 radical (unpaired) electrons. The number of methoxy groups -OCH3 is 1. The molecule has 0 fully saturated rings. The molecule has 0 saturated heterocycles. The maximum Gasteiger partial charge on any atom is 0.349 e. The van der Waals surface area contributed by atoms with E-state index >= 15 is 0 Å². The van der Waals surface area contributed by atoms with Gasteiger partial charge in [-0.25, -0.2) is 9.78 Å². The first kappa shape index (κ1) is 16.5. The van der Waals surface area contributed by atoms with Crippen LogP contribution in [0.3, 0.4) is 0 Å². The minimum absolute atomic E-state index is 0.270. The number of thiazole rings is 1. The smallest absolute Gasteiger partial charge is 0.349 e. The molecule has 9 heteroatoms. The number of carbonyl (C=O) groups is 2. The Morgan fingerprint density at radius 2 is 2.14 bits per heavy atom. The van der Waals surface area contributed by atoms with Gasteiger partial charge >= 0.3 is 5.97 Å². The van der Waals surface area contributed by atoms with Gasteiger partial charge in [-0.3, -0.25) is 10.1 Å². The van der Waals surface area contributed by atoms with Crippen molar-refractivity contribution in [3.63, 3.8) is 0 Å². The fourth-order valence-electron chi connectivity index (χ4n) is 1.41. The number of benzene rings is 1. The molecule has 1 aromatic heterocycles. The predicted molar refractivity (Wildman–Crippen MR) is 84.0 cm³/mol. The first-order valence-corrected chi connectivity index (χ1v) is 7.48. The summed E-state index contributed by atoms with van der Waals surface area (Å²) in [6.45, 7) is -0.271. The van der Waals surface area contributed by atoms with Crippen LogP contribution in [0.4, 0.5) is 5.13 Å². The average Bonchev–Trinajstić information content (AvgIpc) is 2.95. The van der Waals surface area contributed by atoms with Crippen LogP contribution in [0.25, 0.3) is 0 Å². The number of ether oxygens (including phenoxy) is 2. The second kappa shape index (κ2) is 7.44. The van der Waals surface area contributed by atoms with E-state index in [1.807, 2.05) is 0 Å². The summed E-state index contributed by atoms with van der Waals surface area (Å²) in [5.74, 6) is -0.652. The number of aromatic nitrogens is 1. The Kier molecular flexibility index (Phi) is 5.59. The van der Waals surface area contributed by atoms with Gasteiger partial charge in [0.05, 0.1) is 18.3 Å². The average molecular weight is 361 g/mol. The van der Waals surface area contributed by atoms with Crippen molar-refractivity contribution in [2.24, 2.45) is 0 Å². The minimum Gasteiger partial charge on any atom is -0.482 e. The van der Waals surface area contributed by atoms with E-state index in [4.69, 9.17) is 27.9 Å². The van der Waals surface area contributed by atoms with Gasteiger partial charge in [0, 0.05) is 11.1 Å². The number of hydrogen-bond donors (Lipinski definition) is 1. The lowest BCUT2D eigenvalue weighted by molar-refractivity contribution is -0.118. The first-order chi connectivity index (χ1) is 10.5. The molecule has 1 amide bonds. The second-order valence-electron chi connectivity index (χ2n) is 3.93. The van der Waals surface area contributed by atoms with E-state index in [-0.39, 0.29) is 16.6 Å². The second-order valence-corrected chi connectivity index (χ2v) is 5.81. The predicted octanol–water partition coefficient (Wildman–Crippen LogP) is 3.25. The molecule has 0 atom stereocenters. The molecule has 0 saturated carbocycles. The van der Waals surface area contributed by atoms with Crippen LogP contribution in [-0.4, -0.2) is 30.6 Å². The highest BCUT2D eigenvalue weighted by Gasteiger charge is 2.13. The van der Waals surface area contributed by atoms with Gasteiger partial charge in [0.25, 0.3) is 5.91 Å². The number of anilines is 1. The molecule has 0 unspecified atom stereocenters. The van der Waals surface area contributed by atoms with Gasteiger partial charge < -0.3 is 9.47 Å². The molecule has 1 aromatic carbocycles. The Morgan fingerprint density at radius 3 is 2.86 bits per heavy atom. The lowest BCUT2D eigenvalue weighted by atomic mass is 10.3. The molecule has 6 nitrogen and oxygen atoms in total. The highest BCUT2D eigenvalue weighted by Crippen LogP contribution is 2.27. The van der Waals surface area contributed by atoms with Crippen molar-refractivity contribution in [3.8, 4) is 5.75 Å². The van der Waals surface area contributed by atoms with Crippen LogP contribution in [0.5, 0.6) is 5.75 Å². The van der Waals surface area contributed by atoms with Crippen molar-refractivity contribution < 1.29 is 19.1 Å². The summed E-state index contributed by atoms with van der Waals surface area (Å²) in [5.41, 5.74) is 0. The zero-order chi connectivity index (χ0) is 16.1. The number of carbonyl (C=O) groups excluding carboxylic acids is 2. The molecule has 1 heterocycles. The molecule has 0 bridgehead atoms. The summed E-state index contributed by atoms with van der Waals surface area (Å²) >= 11 is 12.7. The fourth-order valence-corrected chi connectivity index (χ4v) is 2.50. The van der Waals surface area contributed by atoms with Crippen molar-refractivity contribution in [1.29, 1.82) is 0 Å². The molecule has 2 aromatic rings. The number of esters is 1. The number of nitrogens with one attached hydrogen (secondary N) is 1. The van der Waals surface area contributed by atoms with Crippen molar-refractivity contribution in [3.05, 3.63) is 39.3 Å². The molecule has 116 valence electrons. The highest BCUT2D eigenvalue weighted by molar-refractivity contribution is 7.17. The van der Waals surface area contributed by atoms with Crippen molar-refractivity contribution in [2.75, 3.05) is 19.0 Å². The van der Waals surface area contributed by atoms with E-state index in [9.17, 15) is 9.59 Å². The van der Waals surface area contributed by atoms with Crippen LogP contribution in [0, 0.1) is 0 Å². The number of hydrogen-bond acceptors (Lipinski definition) is 6. The zero-order valence-electron chi connectivity index (χ0n) is 11.3. The summed E-state index contributed by atoms with van der Waals surface area (Å²) in [7, 11) is 1.27. The van der Waals surface area contributed by atoms with Crippen molar-refractivity contribution >= 4 is 51.5 Å². The number of rotatable bonds is 5. The van der Waals surface area contributed by atoms with Gasteiger partial charge in [0.2, 0.25) is 0 Å². The summed E-state index contributed by atoms with van der Waals surface area (Å²) in [4.78, 5) is 27.2. The third-order valence-electron chi connectivity index (χ3n) is 2.39. The Bertz CT molecular complexity index is 705. The summed E-state index contributed by atoms with van der Waals surface area (Å²) in [5, 5.41) is 3.57. The number of halogens is 2. The lowest BCUT2D eigenvalue weighted by Crippen LogP contribution is -2.20. The van der Waals surface area contributed by atoms with E-state index in [0.717, 1.165) is 11.3 Å².